The lowest BCUT2D eigenvalue weighted by molar-refractivity contribution is -0.274. The molecule has 0 saturated carbocycles. The predicted molar refractivity (Wildman–Crippen MR) is 135 cm³/mol. The molecule has 0 bridgehead atoms. The normalized spacial score (nSPS) is 16.8. The third-order valence-electron chi connectivity index (χ3n) is 5.80. The smallest absolute Gasteiger partial charge is 0.508 e. The SMILES string of the molecule is CCOc1ccc(/C(O)=C2/C(=O)C(=O)N(c3cccc(OC(F)(F)F)c3)C2c2ccc(O)cc2)c(OCC)c1. The van der Waals surface area contributed by atoms with E-state index in [1.807, 2.05) is 0 Å². The number of nitrogens with zero attached hydrogens (tertiary/aromatic N) is 1. The maximum atomic E-state index is 13.4. The number of Topliss-reactive ketones (excluding diaryl/α,β-unsaturated/α-hetero) is 1. The van der Waals surface area contributed by atoms with E-state index in [0.717, 1.165) is 17.0 Å². The number of benzene rings is 3. The number of carbonyl (C=O) groups excluding carboxylic acids is 2. The maximum absolute atomic E-state index is 13.4. The van der Waals surface area contributed by atoms with E-state index in [4.69, 9.17) is 9.47 Å². The second kappa shape index (κ2) is 11.0. The lowest BCUT2D eigenvalue weighted by Crippen LogP contribution is -2.29. The number of anilines is 1. The average Bonchev–Trinajstić information content (AvgIpc) is 3.14. The minimum absolute atomic E-state index is 0.0762. The number of hydrogen-bond donors (Lipinski definition) is 2. The molecular weight excluding hydrogens is 519 g/mol. The number of aliphatic hydroxyl groups is 1. The summed E-state index contributed by atoms with van der Waals surface area (Å²) in [7, 11) is 0. The summed E-state index contributed by atoms with van der Waals surface area (Å²) in [5.74, 6) is -2.75. The van der Waals surface area contributed by atoms with Gasteiger partial charge in [0, 0.05) is 17.8 Å². The average molecular weight is 543 g/mol. The molecule has 39 heavy (non-hydrogen) atoms. The summed E-state index contributed by atoms with van der Waals surface area (Å²) in [6.07, 6.45) is -4.98. The van der Waals surface area contributed by atoms with E-state index < -0.39 is 35.6 Å². The quantitative estimate of drug-likeness (QED) is 0.213. The molecule has 204 valence electrons. The summed E-state index contributed by atoms with van der Waals surface area (Å²) in [6.45, 7) is 4.11. The van der Waals surface area contributed by atoms with Crippen molar-refractivity contribution in [3.8, 4) is 23.0 Å². The zero-order valence-electron chi connectivity index (χ0n) is 20.9. The highest BCUT2D eigenvalue weighted by atomic mass is 19.4. The Balaban J connectivity index is 1.91. The third-order valence-corrected chi connectivity index (χ3v) is 5.80. The molecule has 1 saturated heterocycles. The van der Waals surface area contributed by atoms with Gasteiger partial charge in [-0.25, -0.2) is 0 Å². The third kappa shape index (κ3) is 5.77. The van der Waals surface area contributed by atoms with Crippen molar-refractivity contribution in [1.29, 1.82) is 0 Å². The van der Waals surface area contributed by atoms with Gasteiger partial charge in [0.2, 0.25) is 0 Å². The fraction of sp³-hybridized carbons (Fsp3) is 0.214. The maximum Gasteiger partial charge on any atom is 0.573 e. The lowest BCUT2D eigenvalue weighted by atomic mass is 9.94. The van der Waals surface area contributed by atoms with Gasteiger partial charge in [0.1, 0.15) is 28.8 Å². The largest absolute Gasteiger partial charge is 0.573 e. The molecule has 0 aromatic heterocycles. The minimum atomic E-state index is -4.98. The van der Waals surface area contributed by atoms with Crippen LogP contribution in [0.3, 0.4) is 0 Å². The molecule has 1 atom stereocenters. The van der Waals surface area contributed by atoms with Gasteiger partial charge in [-0.2, -0.15) is 0 Å². The van der Waals surface area contributed by atoms with Crippen LogP contribution in [0.1, 0.15) is 31.0 Å². The van der Waals surface area contributed by atoms with Crippen LogP contribution in [0.2, 0.25) is 0 Å². The zero-order chi connectivity index (χ0) is 28.3. The first kappa shape index (κ1) is 27.4. The molecule has 3 aromatic carbocycles. The van der Waals surface area contributed by atoms with Crippen molar-refractivity contribution in [2.24, 2.45) is 0 Å². The number of carbonyl (C=O) groups is 2. The van der Waals surface area contributed by atoms with E-state index in [0.29, 0.717) is 17.9 Å². The van der Waals surface area contributed by atoms with Crippen LogP contribution in [-0.2, 0) is 9.59 Å². The van der Waals surface area contributed by atoms with Gasteiger partial charge in [-0.1, -0.05) is 18.2 Å². The molecule has 1 amide bonds. The van der Waals surface area contributed by atoms with E-state index in [2.05, 4.69) is 4.74 Å². The van der Waals surface area contributed by atoms with Crippen LogP contribution in [-0.4, -0.2) is 41.5 Å². The van der Waals surface area contributed by atoms with Crippen LogP contribution >= 0.6 is 0 Å². The summed E-state index contributed by atoms with van der Waals surface area (Å²) in [5, 5.41) is 21.2. The van der Waals surface area contributed by atoms with Crippen LogP contribution in [0.15, 0.2) is 72.3 Å². The first-order valence-corrected chi connectivity index (χ1v) is 11.9. The highest BCUT2D eigenvalue weighted by Gasteiger charge is 2.47. The molecule has 2 N–H and O–H groups in total. The molecule has 1 unspecified atom stereocenters. The van der Waals surface area contributed by atoms with E-state index in [9.17, 15) is 33.0 Å². The van der Waals surface area contributed by atoms with Gasteiger partial charge in [-0.15, -0.1) is 13.2 Å². The van der Waals surface area contributed by atoms with Crippen molar-refractivity contribution in [2.75, 3.05) is 18.1 Å². The topological polar surface area (TPSA) is 106 Å². The van der Waals surface area contributed by atoms with Crippen LogP contribution in [0.5, 0.6) is 23.0 Å². The summed E-state index contributed by atoms with van der Waals surface area (Å²) in [5.41, 5.74) is 0.0153. The minimum Gasteiger partial charge on any atom is -0.508 e. The Morgan fingerprint density at radius 3 is 2.26 bits per heavy atom. The number of amides is 1. The highest BCUT2D eigenvalue weighted by Crippen LogP contribution is 2.44. The molecule has 3 aromatic rings. The molecule has 1 fully saturated rings. The van der Waals surface area contributed by atoms with Crippen molar-refractivity contribution in [1.82, 2.24) is 0 Å². The Morgan fingerprint density at radius 2 is 1.62 bits per heavy atom. The number of alkyl halides is 3. The number of phenols is 1. The van der Waals surface area contributed by atoms with Gasteiger partial charge in [0.25, 0.3) is 11.7 Å². The fourth-order valence-electron chi connectivity index (χ4n) is 4.28. The fourth-order valence-corrected chi connectivity index (χ4v) is 4.28. The van der Waals surface area contributed by atoms with Crippen molar-refractivity contribution in [2.45, 2.75) is 26.3 Å². The highest BCUT2D eigenvalue weighted by molar-refractivity contribution is 6.51. The van der Waals surface area contributed by atoms with Gasteiger partial charge in [0.05, 0.1) is 30.4 Å². The van der Waals surface area contributed by atoms with Gasteiger partial charge in [0.15, 0.2) is 0 Å². The first-order valence-electron chi connectivity index (χ1n) is 11.9. The van der Waals surface area contributed by atoms with Crippen LogP contribution in [0.4, 0.5) is 18.9 Å². The predicted octanol–water partition coefficient (Wildman–Crippen LogP) is 5.71. The Morgan fingerprint density at radius 1 is 0.923 bits per heavy atom. The van der Waals surface area contributed by atoms with Crippen molar-refractivity contribution >= 4 is 23.1 Å². The number of hydrogen-bond acceptors (Lipinski definition) is 7. The monoisotopic (exact) mass is 543 g/mol. The van der Waals surface area contributed by atoms with E-state index in [1.165, 1.54) is 48.5 Å². The number of aromatic hydroxyl groups is 1. The number of ether oxygens (including phenoxy) is 3. The van der Waals surface area contributed by atoms with Gasteiger partial charge < -0.3 is 24.4 Å². The number of phenolic OH excluding ortho intramolecular Hbond substituents is 1. The number of ketones is 1. The second-order valence-electron chi connectivity index (χ2n) is 8.33. The van der Waals surface area contributed by atoms with Crippen LogP contribution in [0.25, 0.3) is 5.76 Å². The van der Waals surface area contributed by atoms with E-state index >= 15 is 0 Å². The Bertz CT molecular complexity index is 1420. The Labute approximate surface area is 221 Å². The molecule has 1 aliphatic heterocycles. The van der Waals surface area contributed by atoms with Gasteiger partial charge in [-0.3, -0.25) is 14.5 Å². The molecule has 0 aliphatic carbocycles. The van der Waals surface area contributed by atoms with Crippen LogP contribution < -0.4 is 19.1 Å². The van der Waals surface area contributed by atoms with E-state index in [-0.39, 0.29) is 34.9 Å². The van der Waals surface area contributed by atoms with Crippen molar-refractivity contribution < 1.29 is 47.2 Å². The molecule has 8 nitrogen and oxygen atoms in total. The standard InChI is InChI=1S/C28H24F3NO7/c1-3-37-19-12-13-21(22(15-19)38-4-2)25(34)23-24(16-8-10-18(33)11-9-16)32(27(36)26(23)35)17-6-5-7-20(14-17)39-28(29,30)31/h5-15,24,33-34H,3-4H2,1-2H3/b25-23-. The van der Waals surface area contributed by atoms with E-state index in [1.54, 1.807) is 19.9 Å². The first-order chi connectivity index (χ1) is 18.5. The van der Waals surface area contributed by atoms with Gasteiger partial charge in [-0.05, 0) is 55.8 Å². The molecule has 11 heteroatoms. The summed E-state index contributed by atoms with van der Waals surface area (Å²) in [4.78, 5) is 27.7. The molecule has 1 aliphatic rings. The summed E-state index contributed by atoms with van der Waals surface area (Å²) < 4.78 is 53.7. The number of halogens is 3. The second-order valence-corrected chi connectivity index (χ2v) is 8.33. The van der Waals surface area contributed by atoms with Gasteiger partial charge >= 0.3 is 6.36 Å². The lowest BCUT2D eigenvalue weighted by Gasteiger charge is -2.26. The molecule has 0 spiro atoms. The number of rotatable bonds is 8. The van der Waals surface area contributed by atoms with Crippen molar-refractivity contribution in [3.63, 3.8) is 0 Å². The zero-order valence-corrected chi connectivity index (χ0v) is 20.9. The number of aliphatic hydroxyl groups excluding tert-OH is 1. The molecule has 1 heterocycles. The molecular formula is C28H24F3NO7. The Hall–Kier alpha value is -4.67. The van der Waals surface area contributed by atoms with Crippen molar-refractivity contribution in [3.05, 3.63) is 83.4 Å². The molecule has 4 rings (SSSR count). The Kier molecular flexibility index (Phi) is 7.70. The summed E-state index contributed by atoms with van der Waals surface area (Å²) >= 11 is 0. The van der Waals surface area contributed by atoms with Crippen LogP contribution in [0, 0.1) is 0 Å². The summed E-state index contributed by atoms with van der Waals surface area (Å²) in [6, 6.07) is 13.4. The molecule has 0 radical (unpaired) electrons.